The van der Waals surface area contributed by atoms with Crippen molar-refractivity contribution in [3.05, 3.63) is 65.7 Å². The quantitative estimate of drug-likeness (QED) is 0.682. The van der Waals surface area contributed by atoms with E-state index in [-0.39, 0.29) is 5.91 Å². The van der Waals surface area contributed by atoms with Crippen LogP contribution in [0.25, 0.3) is 0 Å². The zero-order chi connectivity index (χ0) is 20.5. The smallest absolute Gasteiger partial charge is 0.257 e. The molecule has 6 heteroatoms. The van der Waals surface area contributed by atoms with Gasteiger partial charge in [-0.1, -0.05) is 30.3 Å². The van der Waals surface area contributed by atoms with Gasteiger partial charge < -0.3 is 10.1 Å². The van der Waals surface area contributed by atoms with Crippen LogP contribution in [0.3, 0.4) is 0 Å². The lowest BCUT2D eigenvalue weighted by Crippen LogP contribution is -2.40. The van der Waals surface area contributed by atoms with Gasteiger partial charge >= 0.3 is 0 Å². The summed E-state index contributed by atoms with van der Waals surface area (Å²) in [5.41, 5.74) is 1.94. The van der Waals surface area contributed by atoms with E-state index in [4.69, 9.17) is 17.0 Å². The van der Waals surface area contributed by atoms with Gasteiger partial charge in [0, 0.05) is 18.7 Å². The van der Waals surface area contributed by atoms with Crippen LogP contribution in [0.4, 0.5) is 0 Å². The second kappa shape index (κ2) is 10.9. The Morgan fingerprint density at radius 2 is 1.79 bits per heavy atom. The lowest BCUT2D eigenvalue weighted by molar-refractivity contribution is 0.0976. The number of hydrogen-bond acceptors (Lipinski definition) is 4. The Bertz CT molecular complexity index is 788. The van der Waals surface area contributed by atoms with Gasteiger partial charge in [-0.15, -0.1) is 0 Å². The molecule has 5 nitrogen and oxygen atoms in total. The lowest BCUT2D eigenvalue weighted by atomic mass is 9.93. The van der Waals surface area contributed by atoms with Crippen molar-refractivity contribution >= 4 is 23.2 Å². The summed E-state index contributed by atoms with van der Waals surface area (Å²) in [5, 5.41) is 6.29. The maximum Gasteiger partial charge on any atom is 0.257 e. The van der Waals surface area contributed by atoms with Crippen molar-refractivity contribution in [3.8, 4) is 5.75 Å². The van der Waals surface area contributed by atoms with Gasteiger partial charge in [0.15, 0.2) is 5.11 Å². The first-order chi connectivity index (χ1) is 14.1. The fourth-order valence-electron chi connectivity index (χ4n) is 3.63. The van der Waals surface area contributed by atoms with Crippen molar-refractivity contribution in [1.29, 1.82) is 0 Å². The number of methoxy groups -OCH3 is 1. The van der Waals surface area contributed by atoms with E-state index in [1.165, 1.54) is 18.4 Å². The van der Waals surface area contributed by atoms with E-state index in [1.807, 2.05) is 0 Å². The van der Waals surface area contributed by atoms with Crippen LogP contribution in [0.15, 0.2) is 54.6 Å². The largest absolute Gasteiger partial charge is 0.497 e. The second-order valence-corrected chi connectivity index (χ2v) is 7.84. The van der Waals surface area contributed by atoms with Crippen LogP contribution in [-0.4, -0.2) is 42.7 Å². The molecular formula is C23H29N3O2S. The number of nitrogens with one attached hydrogen (secondary N) is 2. The van der Waals surface area contributed by atoms with Gasteiger partial charge in [0.05, 0.1) is 7.11 Å². The summed E-state index contributed by atoms with van der Waals surface area (Å²) >= 11 is 5.26. The Balaban J connectivity index is 1.31. The summed E-state index contributed by atoms with van der Waals surface area (Å²) in [5.74, 6) is 1.21. The molecule has 0 saturated carbocycles. The maximum absolute atomic E-state index is 12.2. The number of nitrogens with zero attached hydrogens (tertiary/aromatic N) is 1. The molecule has 0 bridgehead atoms. The van der Waals surface area contributed by atoms with E-state index in [2.05, 4.69) is 45.9 Å². The topological polar surface area (TPSA) is 53.6 Å². The second-order valence-electron chi connectivity index (χ2n) is 7.43. The molecule has 2 aromatic rings. The minimum absolute atomic E-state index is 0.209. The Morgan fingerprint density at radius 3 is 2.45 bits per heavy atom. The van der Waals surface area contributed by atoms with Crippen molar-refractivity contribution in [2.75, 3.05) is 26.7 Å². The highest BCUT2D eigenvalue weighted by Gasteiger charge is 2.19. The van der Waals surface area contributed by atoms with Crippen LogP contribution in [0, 0.1) is 5.92 Å². The average molecular weight is 412 g/mol. The van der Waals surface area contributed by atoms with Crippen LogP contribution in [-0.2, 0) is 6.54 Å². The van der Waals surface area contributed by atoms with E-state index >= 15 is 0 Å². The summed E-state index contributed by atoms with van der Waals surface area (Å²) in [6.45, 7) is 4.09. The highest BCUT2D eigenvalue weighted by atomic mass is 32.1. The molecule has 0 radical (unpaired) electrons. The fraction of sp³-hybridized carbons (Fsp3) is 0.391. The fourth-order valence-corrected chi connectivity index (χ4v) is 3.82. The molecule has 1 fully saturated rings. The van der Waals surface area contributed by atoms with Crippen molar-refractivity contribution < 1.29 is 9.53 Å². The van der Waals surface area contributed by atoms with Crippen molar-refractivity contribution in [2.45, 2.75) is 25.8 Å². The number of hydrogen-bond donors (Lipinski definition) is 2. The zero-order valence-electron chi connectivity index (χ0n) is 16.9. The number of likely N-dealkylation sites (tertiary alicyclic amines) is 1. The Kier molecular flexibility index (Phi) is 8.02. The molecule has 2 N–H and O–H groups in total. The molecule has 154 valence electrons. The van der Waals surface area contributed by atoms with Gasteiger partial charge in [0.25, 0.3) is 5.91 Å². The Labute approximate surface area is 178 Å². The summed E-state index contributed by atoms with van der Waals surface area (Å²) in [7, 11) is 1.60. The number of thiocarbonyl (C=S) groups is 1. The van der Waals surface area contributed by atoms with Gasteiger partial charge in [0.2, 0.25) is 0 Å². The molecule has 1 aliphatic rings. The standard InChI is InChI=1S/C23H29N3O2S/c1-28-21-9-7-20(8-10-21)22(27)25-23(29)24-14-11-18-12-15-26(16-13-18)17-19-5-3-2-4-6-19/h2-10,18H,11-17H2,1H3,(H2,24,25,27,29). The van der Waals surface area contributed by atoms with Gasteiger partial charge in [0.1, 0.15) is 5.75 Å². The highest BCUT2D eigenvalue weighted by Crippen LogP contribution is 2.21. The zero-order valence-corrected chi connectivity index (χ0v) is 17.7. The lowest BCUT2D eigenvalue weighted by Gasteiger charge is -2.32. The number of rotatable bonds is 7. The molecule has 1 saturated heterocycles. The SMILES string of the molecule is COc1ccc(C(=O)NC(=S)NCCC2CCN(Cc3ccccc3)CC2)cc1. The van der Waals surface area contributed by atoms with Crippen LogP contribution in [0.1, 0.15) is 35.2 Å². The first-order valence-corrected chi connectivity index (χ1v) is 10.5. The van der Waals surface area contributed by atoms with Crippen LogP contribution in [0.2, 0.25) is 0 Å². The molecule has 29 heavy (non-hydrogen) atoms. The third kappa shape index (κ3) is 6.84. The molecule has 3 rings (SSSR count). The number of carbonyl (C=O) groups excluding carboxylic acids is 1. The molecule has 0 unspecified atom stereocenters. The van der Waals surface area contributed by atoms with Gasteiger partial charge in [-0.25, -0.2) is 0 Å². The first-order valence-electron chi connectivity index (χ1n) is 10.1. The molecule has 2 aromatic carbocycles. The van der Waals surface area contributed by atoms with Crippen molar-refractivity contribution in [2.24, 2.45) is 5.92 Å². The molecule has 1 aliphatic heterocycles. The third-order valence-corrected chi connectivity index (χ3v) is 5.62. The number of ether oxygens (including phenoxy) is 1. The molecule has 1 amide bonds. The maximum atomic E-state index is 12.2. The van der Waals surface area contributed by atoms with Crippen molar-refractivity contribution in [3.63, 3.8) is 0 Å². The van der Waals surface area contributed by atoms with E-state index in [0.717, 1.165) is 38.3 Å². The van der Waals surface area contributed by atoms with Crippen LogP contribution >= 0.6 is 12.2 Å². The van der Waals surface area contributed by atoms with E-state index in [1.54, 1.807) is 31.4 Å². The third-order valence-electron chi connectivity index (χ3n) is 5.37. The van der Waals surface area contributed by atoms with Crippen LogP contribution < -0.4 is 15.4 Å². The van der Waals surface area contributed by atoms with E-state index < -0.39 is 0 Å². The molecule has 0 aromatic heterocycles. The monoisotopic (exact) mass is 411 g/mol. The van der Waals surface area contributed by atoms with Crippen molar-refractivity contribution in [1.82, 2.24) is 15.5 Å². The average Bonchev–Trinajstić information content (AvgIpc) is 2.76. The summed E-state index contributed by atoms with van der Waals surface area (Å²) in [6, 6.07) is 17.6. The van der Waals surface area contributed by atoms with Gasteiger partial charge in [-0.3, -0.25) is 15.0 Å². The first kappa shape index (κ1) is 21.3. The minimum Gasteiger partial charge on any atom is -0.497 e. The van der Waals surface area contributed by atoms with Gasteiger partial charge in [-0.05, 0) is 80.3 Å². The number of carbonyl (C=O) groups is 1. The molecule has 0 spiro atoms. The predicted octanol–water partition coefficient (Wildman–Crippen LogP) is 3.60. The Morgan fingerprint density at radius 1 is 1.10 bits per heavy atom. The molecule has 0 aliphatic carbocycles. The Hall–Kier alpha value is -2.44. The molecular weight excluding hydrogens is 382 g/mol. The summed E-state index contributed by atoms with van der Waals surface area (Å²) < 4.78 is 5.10. The number of benzene rings is 2. The van der Waals surface area contributed by atoms with E-state index in [9.17, 15) is 4.79 Å². The van der Waals surface area contributed by atoms with E-state index in [0.29, 0.717) is 16.6 Å². The highest BCUT2D eigenvalue weighted by molar-refractivity contribution is 7.80. The summed E-state index contributed by atoms with van der Waals surface area (Å²) in [4.78, 5) is 14.7. The predicted molar refractivity (Wildman–Crippen MR) is 120 cm³/mol. The minimum atomic E-state index is -0.209. The number of amides is 1. The summed E-state index contributed by atoms with van der Waals surface area (Å²) in [6.07, 6.45) is 3.48. The molecule has 0 atom stereocenters. The van der Waals surface area contributed by atoms with Crippen LogP contribution in [0.5, 0.6) is 5.75 Å². The van der Waals surface area contributed by atoms with Gasteiger partial charge in [-0.2, -0.15) is 0 Å². The molecule has 1 heterocycles. The normalized spacial score (nSPS) is 14.9. The number of piperidine rings is 1.